The molecule has 7 heavy (non-hydrogen) atoms. The van der Waals surface area contributed by atoms with Crippen molar-refractivity contribution in [2.75, 3.05) is 6.61 Å². The van der Waals surface area contributed by atoms with Crippen molar-refractivity contribution in [1.29, 1.82) is 0 Å². The number of hydrogen-bond donors (Lipinski definition) is 1. The predicted molar refractivity (Wildman–Crippen MR) is 24.4 cm³/mol. The van der Waals surface area contributed by atoms with Crippen LogP contribution in [0.5, 0.6) is 0 Å². The van der Waals surface area contributed by atoms with Crippen molar-refractivity contribution >= 4 is 0 Å². The Hall–Kier alpha value is -0.0800. The maximum Gasteiger partial charge on any atom is 0.134 e. The molecule has 1 N–H and O–H groups in total. The van der Waals surface area contributed by atoms with Crippen LogP contribution in [0.1, 0.15) is 12.8 Å². The van der Waals surface area contributed by atoms with Crippen LogP contribution < -0.4 is 0 Å². The van der Waals surface area contributed by atoms with Gasteiger partial charge in [-0.05, 0) is 6.42 Å². The first-order chi connectivity index (χ1) is 3.39. The second-order valence-electron chi connectivity index (χ2n) is 1.64. The molecule has 0 spiro atoms. The zero-order valence-corrected chi connectivity index (χ0v) is 4.05. The van der Waals surface area contributed by atoms with Gasteiger partial charge in [-0.25, -0.2) is 0 Å². The van der Waals surface area contributed by atoms with Gasteiger partial charge in [0.05, 0.1) is 12.7 Å². The number of hydrogen-bond acceptors (Lipinski definition) is 2. The van der Waals surface area contributed by atoms with Gasteiger partial charge in [-0.1, -0.05) is 0 Å². The first-order valence-electron chi connectivity index (χ1n) is 2.42. The summed E-state index contributed by atoms with van der Waals surface area (Å²) in [5.74, 6) is 0. The zero-order valence-electron chi connectivity index (χ0n) is 4.05. The van der Waals surface area contributed by atoms with E-state index in [2.05, 4.69) is 6.61 Å². The van der Waals surface area contributed by atoms with Crippen LogP contribution in [0, 0.1) is 6.61 Å². The summed E-state index contributed by atoms with van der Waals surface area (Å²) in [7, 11) is 0. The second kappa shape index (κ2) is 2.28. The van der Waals surface area contributed by atoms with Crippen molar-refractivity contribution in [1.82, 2.24) is 0 Å². The summed E-state index contributed by atoms with van der Waals surface area (Å²) in [5, 5.41) is 8.77. The molecule has 0 aromatic heterocycles. The normalized spacial score (nSPS) is 25.3. The Labute approximate surface area is 43.1 Å². The lowest BCUT2D eigenvalue weighted by atomic mass is 10.2. The highest BCUT2D eigenvalue weighted by Crippen LogP contribution is 2.07. The Balaban J connectivity index is 2.12. The molecule has 0 aromatic rings. The van der Waals surface area contributed by atoms with E-state index in [0.717, 1.165) is 6.42 Å². The summed E-state index contributed by atoms with van der Waals surface area (Å²) in [4.78, 5) is 0. The van der Waals surface area contributed by atoms with E-state index in [9.17, 15) is 0 Å². The molecule has 1 aliphatic heterocycles. The van der Waals surface area contributed by atoms with Crippen molar-refractivity contribution in [3.05, 3.63) is 6.61 Å². The lowest BCUT2D eigenvalue weighted by molar-refractivity contribution is 0.0518. The molecule has 1 atom stereocenters. The van der Waals surface area contributed by atoms with Crippen molar-refractivity contribution < 1.29 is 9.84 Å². The van der Waals surface area contributed by atoms with E-state index in [-0.39, 0.29) is 6.10 Å². The highest BCUT2D eigenvalue weighted by molar-refractivity contribution is 4.66. The fourth-order valence-electron chi connectivity index (χ4n) is 0.524. The molecule has 40 valence electrons. The van der Waals surface area contributed by atoms with E-state index in [0.29, 0.717) is 13.0 Å². The molecule has 2 nitrogen and oxygen atoms in total. The maximum atomic E-state index is 8.77. The zero-order chi connectivity index (χ0) is 5.11. The van der Waals surface area contributed by atoms with E-state index < -0.39 is 0 Å². The number of ether oxygens (including phenoxy) is 1. The van der Waals surface area contributed by atoms with E-state index >= 15 is 0 Å². The highest BCUT2D eigenvalue weighted by atomic mass is 16.5. The molecular weight excluding hydrogens is 92.1 g/mol. The lowest BCUT2D eigenvalue weighted by Crippen LogP contribution is -2.16. The van der Waals surface area contributed by atoms with Gasteiger partial charge in [-0.15, -0.1) is 0 Å². The van der Waals surface area contributed by atoms with Crippen LogP contribution in [-0.4, -0.2) is 17.8 Å². The third-order valence-electron chi connectivity index (χ3n) is 0.974. The van der Waals surface area contributed by atoms with Crippen molar-refractivity contribution in [2.24, 2.45) is 0 Å². The minimum absolute atomic E-state index is 0.200. The predicted octanol–water partition coefficient (Wildman–Crippen LogP) is 0.196. The highest BCUT2D eigenvalue weighted by Gasteiger charge is 2.09. The lowest BCUT2D eigenvalue weighted by Gasteiger charge is -2.14. The van der Waals surface area contributed by atoms with Crippen LogP contribution in [0.15, 0.2) is 0 Å². The maximum absolute atomic E-state index is 8.77. The van der Waals surface area contributed by atoms with Gasteiger partial charge in [-0.3, -0.25) is 0 Å². The second-order valence-corrected chi connectivity index (χ2v) is 1.64. The fourth-order valence-corrected chi connectivity index (χ4v) is 0.524. The van der Waals surface area contributed by atoms with Crippen LogP contribution in [0.4, 0.5) is 0 Å². The summed E-state index contributed by atoms with van der Waals surface area (Å²) >= 11 is 0. The first kappa shape index (κ1) is 5.06. The molecule has 0 bridgehead atoms. The molecule has 1 rings (SSSR count). The Bertz CT molecular complexity index is 48.0. The summed E-state index contributed by atoms with van der Waals surface area (Å²) in [6.07, 6.45) is 1.13. The van der Waals surface area contributed by atoms with E-state index in [1.807, 2.05) is 0 Å². The van der Waals surface area contributed by atoms with Gasteiger partial charge in [0.25, 0.3) is 0 Å². The van der Waals surface area contributed by atoms with Crippen molar-refractivity contribution in [3.63, 3.8) is 0 Å². The molecule has 0 amide bonds. The Morgan fingerprint density at radius 2 is 2.57 bits per heavy atom. The van der Waals surface area contributed by atoms with Gasteiger partial charge >= 0.3 is 0 Å². The van der Waals surface area contributed by atoms with Gasteiger partial charge in [0.15, 0.2) is 0 Å². The van der Waals surface area contributed by atoms with Crippen molar-refractivity contribution in [2.45, 2.75) is 18.9 Å². The molecule has 0 aromatic carbocycles. The topological polar surface area (TPSA) is 29.5 Å². The molecule has 0 saturated carbocycles. The molecule has 1 saturated heterocycles. The van der Waals surface area contributed by atoms with Crippen molar-refractivity contribution in [3.8, 4) is 0 Å². The fraction of sp³-hybridized carbons (Fsp3) is 0.800. The Kier molecular flexibility index (Phi) is 1.65. The third kappa shape index (κ3) is 1.45. The Morgan fingerprint density at radius 3 is 2.86 bits per heavy atom. The smallest absolute Gasteiger partial charge is 0.134 e. The minimum atomic E-state index is -0.200. The molecule has 0 aliphatic carbocycles. The molecule has 1 heterocycles. The monoisotopic (exact) mass is 100 g/mol. The first-order valence-corrected chi connectivity index (χ1v) is 2.42. The Morgan fingerprint density at radius 1 is 1.71 bits per heavy atom. The van der Waals surface area contributed by atoms with Crippen LogP contribution >= 0.6 is 0 Å². The largest absolute Gasteiger partial charge is 0.393 e. The average Bonchev–Trinajstić information content (AvgIpc) is 1.69. The molecular formula is C5H8O2. The van der Waals surface area contributed by atoms with Gasteiger partial charge in [-0.2, -0.15) is 0 Å². The minimum Gasteiger partial charge on any atom is -0.393 e. The molecule has 1 fully saturated rings. The summed E-state index contributed by atoms with van der Waals surface area (Å²) < 4.78 is 4.73. The average molecular weight is 100 g/mol. The standard InChI is InChI=1S/C5H8O2/c6-5-1-3-7-4-2-5/h5-6H,1-3H2. The van der Waals surface area contributed by atoms with E-state index in [1.54, 1.807) is 0 Å². The molecule has 2 heteroatoms. The van der Waals surface area contributed by atoms with Crippen LogP contribution in [0.3, 0.4) is 0 Å². The molecule has 1 aliphatic rings. The summed E-state index contributed by atoms with van der Waals surface area (Å²) in [6, 6.07) is 0. The molecule has 1 unspecified atom stereocenters. The summed E-state index contributed by atoms with van der Waals surface area (Å²) in [6.45, 7) is 3.21. The van der Waals surface area contributed by atoms with E-state index in [1.165, 1.54) is 0 Å². The van der Waals surface area contributed by atoms with Crippen LogP contribution in [-0.2, 0) is 4.74 Å². The van der Waals surface area contributed by atoms with Crippen LogP contribution in [0.25, 0.3) is 0 Å². The van der Waals surface area contributed by atoms with E-state index in [4.69, 9.17) is 9.84 Å². The number of aliphatic hydroxyl groups is 1. The SMILES string of the molecule is OC1C[C]OCC1. The van der Waals surface area contributed by atoms with Gasteiger partial charge < -0.3 is 9.84 Å². The quantitative estimate of drug-likeness (QED) is 0.471. The third-order valence-corrected chi connectivity index (χ3v) is 0.974. The van der Waals surface area contributed by atoms with Gasteiger partial charge in [0.2, 0.25) is 0 Å². The van der Waals surface area contributed by atoms with Gasteiger partial charge in [0, 0.05) is 6.42 Å². The number of aliphatic hydroxyl groups excluding tert-OH is 1. The molecule has 2 radical (unpaired) electrons. The summed E-state index contributed by atoms with van der Waals surface area (Å²) in [5.41, 5.74) is 0. The van der Waals surface area contributed by atoms with Gasteiger partial charge in [0.1, 0.15) is 6.61 Å². The number of rotatable bonds is 0. The van der Waals surface area contributed by atoms with Crippen LogP contribution in [0.2, 0.25) is 0 Å².